The molecule has 166 valence electrons. The SMILES string of the molecule is Cc1ccc(C(=O)O[C@H](C)C(=O)N[C@@H](C)c2ccc(F)cc2)cc1NC(=O)c1ccco1. The summed E-state index contributed by atoms with van der Waals surface area (Å²) in [5.41, 5.74) is 2.05. The molecule has 2 aromatic carbocycles. The highest BCUT2D eigenvalue weighted by Gasteiger charge is 2.22. The smallest absolute Gasteiger partial charge is 0.338 e. The van der Waals surface area contributed by atoms with Gasteiger partial charge in [-0.2, -0.15) is 0 Å². The predicted molar refractivity (Wildman–Crippen MR) is 116 cm³/mol. The summed E-state index contributed by atoms with van der Waals surface area (Å²) in [6.07, 6.45) is 0.326. The van der Waals surface area contributed by atoms with Crippen molar-refractivity contribution in [3.8, 4) is 0 Å². The van der Waals surface area contributed by atoms with E-state index in [1.807, 2.05) is 0 Å². The van der Waals surface area contributed by atoms with Crippen LogP contribution in [0.15, 0.2) is 65.3 Å². The van der Waals surface area contributed by atoms with Crippen LogP contribution in [0.4, 0.5) is 10.1 Å². The number of carbonyl (C=O) groups is 3. The standard InChI is InChI=1S/C24H23FN2O5/c1-14-6-7-18(13-20(14)27-23(29)21-5-4-12-31-21)24(30)32-16(3)22(28)26-15(2)17-8-10-19(25)11-9-17/h4-13,15-16H,1-3H3,(H,26,28)(H,27,29)/t15-,16+/m0/s1. The number of amides is 2. The van der Waals surface area contributed by atoms with Gasteiger partial charge in [0.25, 0.3) is 11.8 Å². The molecule has 2 amide bonds. The van der Waals surface area contributed by atoms with Crippen molar-refractivity contribution >= 4 is 23.5 Å². The molecule has 0 aliphatic heterocycles. The van der Waals surface area contributed by atoms with Gasteiger partial charge in [-0.25, -0.2) is 9.18 Å². The van der Waals surface area contributed by atoms with Crippen LogP contribution in [0.1, 0.15) is 51.9 Å². The Morgan fingerprint density at radius 3 is 2.41 bits per heavy atom. The molecule has 0 fully saturated rings. The van der Waals surface area contributed by atoms with Crippen LogP contribution in [0.3, 0.4) is 0 Å². The van der Waals surface area contributed by atoms with Crippen LogP contribution < -0.4 is 10.6 Å². The van der Waals surface area contributed by atoms with E-state index in [0.717, 1.165) is 5.56 Å². The molecule has 3 rings (SSSR count). The van der Waals surface area contributed by atoms with Crippen molar-refractivity contribution in [3.63, 3.8) is 0 Å². The molecule has 0 radical (unpaired) electrons. The van der Waals surface area contributed by atoms with Crippen LogP contribution in [-0.4, -0.2) is 23.9 Å². The van der Waals surface area contributed by atoms with E-state index in [0.29, 0.717) is 11.3 Å². The third-order valence-electron chi connectivity index (χ3n) is 4.85. The van der Waals surface area contributed by atoms with Crippen LogP contribution in [-0.2, 0) is 9.53 Å². The Balaban J connectivity index is 1.62. The Kier molecular flexibility index (Phi) is 7.04. The number of halogens is 1. The van der Waals surface area contributed by atoms with Gasteiger partial charge in [-0.15, -0.1) is 0 Å². The molecule has 0 unspecified atom stereocenters. The van der Waals surface area contributed by atoms with Gasteiger partial charge in [-0.3, -0.25) is 9.59 Å². The second-order valence-electron chi connectivity index (χ2n) is 7.29. The van der Waals surface area contributed by atoms with Gasteiger partial charge < -0.3 is 19.8 Å². The van der Waals surface area contributed by atoms with Crippen LogP contribution in [0, 0.1) is 12.7 Å². The maximum Gasteiger partial charge on any atom is 0.338 e. The minimum Gasteiger partial charge on any atom is -0.459 e. The fourth-order valence-corrected chi connectivity index (χ4v) is 2.92. The number of aryl methyl sites for hydroxylation is 1. The van der Waals surface area contributed by atoms with Crippen LogP contribution in [0.5, 0.6) is 0 Å². The number of furan rings is 1. The number of hydrogen-bond donors (Lipinski definition) is 2. The highest BCUT2D eigenvalue weighted by atomic mass is 19.1. The number of esters is 1. The number of rotatable bonds is 7. The Bertz CT molecular complexity index is 1110. The average molecular weight is 438 g/mol. The lowest BCUT2D eigenvalue weighted by atomic mass is 10.1. The van der Waals surface area contributed by atoms with Crippen molar-refractivity contribution in [2.75, 3.05) is 5.32 Å². The van der Waals surface area contributed by atoms with E-state index >= 15 is 0 Å². The molecule has 32 heavy (non-hydrogen) atoms. The van der Waals surface area contributed by atoms with Crippen LogP contribution >= 0.6 is 0 Å². The largest absolute Gasteiger partial charge is 0.459 e. The van der Waals surface area contributed by atoms with Crippen LogP contribution in [0.25, 0.3) is 0 Å². The Hall–Kier alpha value is -3.94. The molecule has 2 atom stereocenters. The van der Waals surface area contributed by atoms with Crippen molar-refractivity contribution in [2.24, 2.45) is 0 Å². The molecule has 0 aliphatic rings. The Morgan fingerprint density at radius 2 is 1.75 bits per heavy atom. The fourth-order valence-electron chi connectivity index (χ4n) is 2.92. The van der Waals surface area contributed by atoms with Crippen LogP contribution in [0.2, 0.25) is 0 Å². The highest BCUT2D eigenvalue weighted by molar-refractivity contribution is 6.03. The zero-order chi connectivity index (χ0) is 23.3. The molecule has 2 N–H and O–H groups in total. The summed E-state index contributed by atoms with van der Waals surface area (Å²) in [6, 6.07) is 13.2. The monoisotopic (exact) mass is 438 g/mol. The van der Waals surface area contributed by atoms with E-state index in [9.17, 15) is 18.8 Å². The maximum atomic E-state index is 13.1. The number of hydrogen-bond acceptors (Lipinski definition) is 5. The van der Waals surface area contributed by atoms with Crippen molar-refractivity contribution in [3.05, 3.63) is 89.1 Å². The summed E-state index contributed by atoms with van der Waals surface area (Å²) in [5.74, 6) is -1.89. The minimum atomic E-state index is -1.06. The van der Waals surface area contributed by atoms with E-state index in [4.69, 9.17) is 9.15 Å². The van der Waals surface area contributed by atoms with Crippen molar-refractivity contribution < 1.29 is 27.9 Å². The average Bonchev–Trinajstić information content (AvgIpc) is 3.30. The highest BCUT2D eigenvalue weighted by Crippen LogP contribution is 2.20. The summed E-state index contributed by atoms with van der Waals surface area (Å²) in [6.45, 7) is 4.98. The molecule has 0 spiro atoms. The van der Waals surface area contributed by atoms with Crippen molar-refractivity contribution in [1.82, 2.24) is 5.32 Å². The lowest BCUT2D eigenvalue weighted by molar-refractivity contribution is -0.129. The fraction of sp³-hybridized carbons (Fsp3) is 0.208. The number of carbonyl (C=O) groups excluding carboxylic acids is 3. The van der Waals surface area contributed by atoms with Gasteiger partial charge in [0.2, 0.25) is 0 Å². The zero-order valence-corrected chi connectivity index (χ0v) is 17.8. The molecular formula is C24H23FN2O5. The quantitative estimate of drug-likeness (QED) is 0.533. The molecule has 1 heterocycles. The molecule has 0 saturated heterocycles. The first-order valence-corrected chi connectivity index (χ1v) is 9.97. The first-order chi connectivity index (χ1) is 15.2. The van der Waals surface area contributed by atoms with Crippen molar-refractivity contribution in [1.29, 1.82) is 0 Å². The second-order valence-corrected chi connectivity index (χ2v) is 7.29. The lowest BCUT2D eigenvalue weighted by Crippen LogP contribution is -2.37. The number of ether oxygens (including phenoxy) is 1. The molecule has 8 heteroatoms. The molecule has 7 nitrogen and oxygen atoms in total. The molecule has 1 aromatic heterocycles. The van der Waals surface area contributed by atoms with Gasteiger partial charge >= 0.3 is 5.97 Å². The number of benzene rings is 2. The summed E-state index contributed by atoms with van der Waals surface area (Å²) < 4.78 is 23.4. The molecule has 0 aliphatic carbocycles. The molecule has 0 bridgehead atoms. The van der Waals surface area contributed by atoms with Crippen molar-refractivity contribution in [2.45, 2.75) is 32.9 Å². The second kappa shape index (κ2) is 9.91. The van der Waals surface area contributed by atoms with E-state index in [1.165, 1.54) is 37.5 Å². The minimum absolute atomic E-state index is 0.137. The Morgan fingerprint density at radius 1 is 1.03 bits per heavy atom. The van der Waals surface area contributed by atoms with Gasteiger partial charge in [0.05, 0.1) is 17.9 Å². The molecule has 3 aromatic rings. The lowest BCUT2D eigenvalue weighted by Gasteiger charge is -2.18. The van der Waals surface area contributed by atoms with Gasteiger partial charge in [0, 0.05) is 5.69 Å². The summed E-state index contributed by atoms with van der Waals surface area (Å²) in [7, 11) is 0. The third-order valence-corrected chi connectivity index (χ3v) is 4.85. The maximum absolute atomic E-state index is 13.1. The van der Waals surface area contributed by atoms with Gasteiger partial charge in [-0.1, -0.05) is 18.2 Å². The topological polar surface area (TPSA) is 97.6 Å². The Labute approximate surface area is 184 Å². The first kappa shape index (κ1) is 22.7. The normalized spacial score (nSPS) is 12.5. The summed E-state index contributed by atoms with van der Waals surface area (Å²) >= 11 is 0. The first-order valence-electron chi connectivity index (χ1n) is 9.97. The number of anilines is 1. The summed E-state index contributed by atoms with van der Waals surface area (Å²) in [4.78, 5) is 37.2. The van der Waals surface area contributed by atoms with E-state index in [1.54, 1.807) is 44.2 Å². The molecule has 0 saturated carbocycles. The predicted octanol–water partition coefficient (Wildman–Crippen LogP) is 4.40. The van der Waals surface area contributed by atoms with E-state index in [2.05, 4.69) is 10.6 Å². The van der Waals surface area contributed by atoms with E-state index in [-0.39, 0.29) is 17.1 Å². The van der Waals surface area contributed by atoms with Gasteiger partial charge in [-0.05, 0) is 68.3 Å². The van der Waals surface area contributed by atoms with Gasteiger partial charge in [0.1, 0.15) is 5.82 Å². The molecular weight excluding hydrogens is 415 g/mol. The van der Waals surface area contributed by atoms with E-state index < -0.39 is 29.9 Å². The summed E-state index contributed by atoms with van der Waals surface area (Å²) in [5, 5.41) is 5.41. The third kappa shape index (κ3) is 5.60. The number of nitrogens with one attached hydrogen (secondary N) is 2. The van der Waals surface area contributed by atoms with Gasteiger partial charge in [0.15, 0.2) is 11.9 Å². The zero-order valence-electron chi connectivity index (χ0n) is 17.8.